The SMILES string of the molecule is CCCCC(CN)NC(=O)c1cccc(C)c1[N+](=O)[O-]. The molecule has 6 heteroatoms. The molecule has 110 valence electrons. The number of para-hydroxylation sites is 1. The monoisotopic (exact) mass is 279 g/mol. The van der Waals surface area contributed by atoms with Gasteiger partial charge < -0.3 is 11.1 Å². The predicted octanol–water partition coefficient (Wildman–Crippen LogP) is 2.15. The van der Waals surface area contributed by atoms with Gasteiger partial charge in [-0.3, -0.25) is 14.9 Å². The molecule has 1 atom stereocenters. The lowest BCUT2D eigenvalue weighted by molar-refractivity contribution is -0.385. The van der Waals surface area contributed by atoms with Crippen LogP contribution in [0, 0.1) is 17.0 Å². The van der Waals surface area contributed by atoms with Gasteiger partial charge in [0, 0.05) is 18.2 Å². The Balaban J connectivity index is 2.92. The van der Waals surface area contributed by atoms with Crippen molar-refractivity contribution >= 4 is 11.6 Å². The van der Waals surface area contributed by atoms with Crippen LogP contribution in [0.2, 0.25) is 0 Å². The maximum atomic E-state index is 12.2. The third kappa shape index (κ3) is 4.03. The molecule has 1 rings (SSSR count). The zero-order valence-electron chi connectivity index (χ0n) is 11.9. The normalized spacial score (nSPS) is 11.9. The van der Waals surface area contributed by atoms with Crippen molar-refractivity contribution in [2.24, 2.45) is 5.73 Å². The number of amides is 1. The van der Waals surface area contributed by atoms with E-state index in [0.29, 0.717) is 12.1 Å². The van der Waals surface area contributed by atoms with Crippen LogP contribution in [0.5, 0.6) is 0 Å². The van der Waals surface area contributed by atoms with Gasteiger partial charge in [-0.25, -0.2) is 0 Å². The Morgan fingerprint density at radius 3 is 2.75 bits per heavy atom. The number of nitrogens with two attached hydrogens (primary N) is 1. The molecule has 0 spiro atoms. The number of nitrogens with one attached hydrogen (secondary N) is 1. The molecule has 1 unspecified atom stereocenters. The first-order chi connectivity index (χ1) is 9.51. The van der Waals surface area contributed by atoms with Crippen LogP contribution in [0.1, 0.15) is 42.1 Å². The van der Waals surface area contributed by atoms with Crippen molar-refractivity contribution < 1.29 is 9.72 Å². The molecule has 0 aliphatic rings. The van der Waals surface area contributed by atoms with E-state index < -0.39 is 10.8 Å². The number of nitro groups is 1. The molecule has 0 fully saturated rings. The molecule has 1 amide bonds. The second-order valence-electron chi connectivity index (χ2n) is 4.78. The first-order valence-corrected chi connectivity index (χ1v) is 6.76. The number of carbonyl (C=O) groups is 1. The van der Waals surface area contributed by atoms with Crippen LogP contribution in [-0.4, -0.2) is 23.4 Å². The van der Waals surface area contributed by atoms with Crippen molar-refractivity contribution in [1.29, 1.82) is 0 Å². The average Bonchev–Trinajstić information content (AvgIpc) is 2.42. The average molecular weight is 279 g/mol. The van der Waals surface area contributed by atoms with E-state index in [-0.39, 0.29) is 17.3 Å². The highest BCUT2D eigenvalue weighted by molar-refractivity contribution is 5.98. The van der Waals surface area contributed by atoms with E-state index in [0.717, 1.165) is 19.3 Å². The van der Waals surface area contributed by atoms with Gasteiger partial charge in [0.25, 0.3) is 11.6 Å². The third-order valence-corrected chi connectivity index (χ3v) is 3.19. The molecule has 6 nitrogen and oxygen atoms in total. The Bertz CT molecular complexity index is 489. The van der Waals surface area contributed by atoms with E-state index in [2.05, 4.69) is 12.2 Å². The molecule has 0 saturated heterocycles. The van der Waals surface area contributed by atoms with Gasteiger partial charge in [-0.2, -0.15) is 0 Å². The van der Waals surface area contributed by atoms with Crippen molar-refractivity contribution in [3.63, 3.8) is 0 Å². The summed E-state index contributed by atoms with van der Waals surface area (Å²) in [6.45, 7) is 4.00. The Hall–Kier alpha value is -1.95. The van der Waals surface area contributed by atoms with E-state index in [4.69, 9.17) is 5.73 Å². The zero-order valence-corrected chi connectivity index (χ0v) is 11.9. The molecule has 0 aliphatic heterocycles. The van der Waals surface area contributed by atoms with Crippen LogP contribution in [0.25, 0.3) is 0 Å². The highest BCUT2D eigenvalue weighted by Crippen LogP contribution is 2.23. The molecule has 0 radical (unpaired) electrons. The second-order valence-corrected chi connectivity index (χ2v) is 4.78. The molecule has 0 aromatic heterocycles. The second kappa shape index (κ2) is 7.59. The van der Waals surface area contributed by atoms with E-state index in [1.165, 1.54) is 6.07 Å². The van der Waals surface area contributed by atoms with Gasteiger partial charge in [-0.1, -0.05) is 31.9 Å². The Labute approximate surface area is 118 Å². The van der Waals surface area contributed by atoms with Crippen molar-refractivity contribution in [2.75, 3.05) is 6.54 Å². The van der Waals surface area contributed by atoms with Crippen molar-refractivity contribution in [2.45, 2.75) is 39.2 Å². The molecule has 0 bridgehead atoms. The number of nitro benzene ring substituents is 1. The first kappa shape index (κ1) is 16.1. The van der Waals surface area contributed by atoms with E-state index in [9.17, 15) is 14.9 Å². The molecule has 0 heterocycles. The minimum absolute atomic E-state index is 0.0879. The van der Waals surface area contributed by atoms with Crippen LogP contribution in [0.4, 0.5) is 5.69 Å². The molecule has 1 aromatic rings. The van der Waals surface area contributed by atoms with Crippen molar-refractivity contribution in [3.05, 3.63) is 39.4 Å². The van der Waals surface area contributed by atoms with E-state index in [1.54, 1.807) is 19.1 Å². The van der Waals surface area contributed by atoms with Gasteiger partial charge in [0.2, 0.25) is 0 Å². The maximum absolute atomic E-state index is 12.2. The maximum Gasteiger partial charge on any atom is 0.285 e. The lowest BCUT2D eigenvalue weighted by atomic mass is 10.1. The van der Waals surface area contributed by atoms with Crippen LogP contribution in [0.15, 0.2) is 18.2 Å². The quantitative estimate of drug-likeness (QED) is 0.590. The van der Waals surface area contributed by atoms with Crippen molar-refractivity contribution in [3.8, 4) is 0 Å². The minimum atomic E-state index is -0.520. The lowest BCUT2D eigenvalue weighted by Gasteiger charge is -2.16. The predicted molar refractivity (Wildman–Crippen MR) is 77.7 cm³/mol. The topological polar surface area (TPSA) is 98.3 Å². The fraction of sp³-hybridized carbons (Fsp3) is 0.500. The minimum Gasteiger partial charge on any atom is -0.348 e. The summed E-state index contributed by atoms with van der Waals surface area (Å²) in [6, 6.07) is 4.57. The van der Waals surface area contributed by atoms with Crippen LogP contribution >= 0.6 is 0 Å². The van der Waals surface area contributed by atoms with Crippen LogP contribution < -0.4 is 11.1 Å². The van der Waals surface area contributed by atoms with Gasteiger partial charge in [0.1, 0.15) is 5.56 Å². The van der Waals surface area contributed by atoms with Crippen LogP contribution in [-0.2, 0) is 0 Å². The highest BCUT2D eigenvalue weighted by atomic mass is 16.6. The van der Waals surface area contributed by atoms with Crippen LogP contribution in [0.3, 0.4) is 0 Å². The number of unbranched alkanes of at least 4 members (excludes halogenated alkanes) is 1. The van der Waals surface area contributed by atoms with Gasteiger partial charge in [0.05, 0.1) is 4.92 Å². The number of hydrogen-bond acceptors (Lipinski definition) is 4. The summed E-state index contributed by atoms with van der Waals surface area (Å²) in [7, 11) is 0. The third-order valence-electron chi connectivity index (χ3n) is 3.19. The number of hydrogen-bond donors (Lipinski definition) is 2. The van der Waals surface area contributed by atoms with Gasteiger partial charge in [-0.15, -0.1) is 0 Å². The zero-order chi connectivity index (χ0) is 15.1. The van der Waals surface area contributed by atoms with E-state index in [1.807, 2.05) is 0 Å². The standard InChI is InChI=1S/C14H21N3O3/c1-3-4-7-11(9-15)16-14(18)12-8-5-6-10(2)13(12)17(19)20/h5-6,8,11H,3-4,7,9,15H2,1-2H3,(H,16,18). The summed E-state index contributed by atoms with van der Waals surface area (Å²) in [4.78, 5) is 22.7. The van der Waals surface area contributed by atoms with Crippen molar-refractivity contribution in [1.82, 2.24) is 5.32 Å². The molecule has 3 N–H and O–H groups in total. The number of rotatable bonds is 7. The highest BCUT2D eigenvalue weighted by Gasteiger charge is 2.23. The number of carbonyl (C=O) groups excluding carboxylic acids is 1. The Morgan fingerprint density at radius 2 is 2.20 bits per heavy atom. The van der Waals surface area contributed by atoms with Gasteiger partial charge >= 0.3 is 0 Å². The summed E-state index contributed by atoms with van der Waals surface area (Å²) >= 11 is 0. The van der Waals surface area contributed by atoms with E-state index >= 15 is 0 Å². The summed E-state index contributed by atoms with van der Waals surface area (Å²) in [5, 5.41) is 13.8. The number of benzene rings is 1. The fourth-order valence-electron chi connectivity index (χ4n) is 2.05. The molecule has 1 aromatic carbocycles. The molecule has 20 heavy (non-hydrogen) atoms. The summed E-state index contributed by atoms with van der Waals surface area (Å²) in [5.74, 6) is -0.438. The molecular formula is C14H21N3O3. The Kier molecular flexibility index (Phi) is 6.11. The van der Waals surface area contributed by atoms with Gasteiger partial charge in [-0.05, 0) is 19.4 Å². The first-order valence-electron chi connectivity index (χ1n) is 6.76. The largest absolute Gasteiger partial charge is 0.348 e. The molecule has 0 aliphatic carbocycles. The summed E-state index contributed by atoms with van der Waals surface area (Å²) < 4.78 is 0. The van der Waals surface area contributed by atoms with Gasteiger partial charge in [0.15, 0.2) is 0 Å². The smallest absolute Gasteiger partial charge is 0.285 e. The molecular weight excluding hydrogens is 258 g/mol. The number of aryl methyl sites for hydroxylation is 1. The summed E-state index contributed by atoms with van der Waals surface area (Å²) in [6.07, 6.45) is 2.74. The Morgan fingerprint density at radius 1 is 1.50 bits per heavy atom. The number of nitrogens with zero attached hydrogens (tertiary/aromatic N) is 1. The molecule has 0 saturated carbocycles. The fourth-order valence-corrected chi connectivity index (χ4v) is 2.05. The lowest BCUT2D eigenvalue weighted by Crippen LogP contribution is -2.40. The summed E-state index contributed by atoms with van der Waals surface area (Å²) in [5.41, 5.74) is 6.04.